The molecule has 1 aliphatic heterocycles. The normalized spacial score (nSPS) is 28.8. The number of amides is 1. The summed E-state index contributed by atoms with van der Waals surface area (Å²) in [5.41, 5.74) is -0.804. The molecule has 1 saturated carbocycles. The zero-order chi connectivity index (χ0) is 14.8. The third-order valence-corrected chi connectivity index (χ3v) is 4.61. The van der Waals surface area contributed by atoms with Crippen molar-refractivity contribution in [3.8, 4) is 0 Å². The van der Waals surface area contributed by atoms with E-state index in [1.807, 2.05) is 6.92 Å². The number of hydrogen-bond acceptors (Lipinski definition) is 3. The van der Waals surface area contributed by atoms with Gasteiger partial charge in [-0.25, -0.2) is 0 Å². The maximum atomic E-state index is 12.5. The summed E-state index contributed by atoms with van der Waals surface area (Å²) < 4.78 is 5.92. The molecule has 2 rings (SSSR count). The van der Waals surface area contributed by atoms with Crippen molar-refractivity contribution in [1.29, 1.82) is 0 Å². The fourth-order valence-electron chi connectivity index (χ4n) is 3.11. The van der Waals surface area contributed by atoms with Gasteiger partial charge in [0.05, 0.1) is 11.5 Å². The smallest absolute Gasteiger partial charge is 0.311 e. The molecule has 0 unspecified atom stereocenters. The minimum atomic E-state index is -0.822. The molecule has 1 amide bonds. The highest BCUT2D eigenvalue weighted by Gasteiger charge is 2.43. The zero-order valence-electron chi connectivity index (χ0n) is 12.4. The first-order valence-corrected chi connectivity index (χ1v) is 7.64. The highest BCUT2D eigenvalue weighted by atomic mass is 16.5. The lowest BCUT2D eigenvalue weighted by Gasteiger charge is -2.26. The molecule has 5 nitrogen and oxygen atoms in total. The number of rotatable bonds is 5. The van der Waals surface area contributed by atoms with Crippen molar-refractivity contribution in [1.82, 2.24) is 4.90 Å². The van der Waals surface area contributed by atoms with E-state index in [4.69, 9.17) is 4.74 Å². The predicted octanol–water partition coefficient (Wildman–Crippen LogP) is 2.05. The van der Waals surface area contributed by atoms with Crippen molar-refractivity contribution in [3.05, 3.63) is 0 Å². The summed E-state index contributed by atoms with van der Waals surface area (Å²) in [6, 6.07) is 0. The lowest BCUT2D eigenvalue weighted by atomic mass is 9.90. The predicted molar refractivity (Wildman–Crippen MR) is 74.4 cm³/mol. The number of hydrogen-bond donors (Lipinski definition) is 1. The van der Waals surface area contributed by atoms with Gasteiger partial charge in [-0.05, 0) is 32.6 Å². The van der Waals surface area contributed by atoms with Gasteiger partial charge in [0.15, 0.2) is 0 Å². The van der Waals surface area contributed by atoms with Crippen LogP contribution in [0.15, 0.2) is 0 Å². The van der Waals surface area contributed by atoms with Crippen LogP contribution in [0.2, 0.25) is 0 Å². The maximum absolute atomic E-state index is 12.5. The fraction of sp³-hybridized carbons (Fsp3) is 0.867. The maximum Gasteiger partial charge on any atom is 0.311 e. The number of ether oxygens (including phenoxy) is 1. The average Bonchev–Trinajstić information content (AvgIpc) is 3.05. The summed E-state index contributed by atoms with van der Waals surface area (Å²) >= 11 is 0. The van der Waals surface area contributed by atoms with Gasteiger partial charge in [0.2, 0.25) is 0 Å². The quantitative estimate of drug-likeness (QED) is 0.838. The van der Waals surface area contributed by atoms with Crippen molar-refractivity contribution in [2.45, 2.75) is 64.6 Å². The number of aliphatic carboxylic acids is 1. The van der Waals surface area contributed by atoms with Gasteiger partial charge in [0.1, 0.15) is 6.10 Å². The number of carbonyl (C=O) groups is 2. The SMILES string of the molecule is CC[C@H](OC1CCCC1)C(=O)N1CC[C@@](C)(C(=O)O)C1. The molecule has 2 fully saturated rings. The minimum Gasteiger partial charge on any atom is -0.481 e. The van der Waals surface area contributed by atoms with E-state index < -0.39 is 17.5 Å². The first kappa shape index (κ1) is 15.3. The monoisotopic (exact) mass is 283 g/mol. The molecule has 1 heterocycles. The average molecular weight is 283 g/mol. The van der Waals surface area contributed by atoms with Crippen LogP contribution >= 0.6 is 0 Å². The Bertz CT molecular complexity index is 378. The van der Waals surface area contributed by atoms with Crippen LogP contribution in [0.5, 0.6) is 0 Å². The molecule has 0 aromatic heterocycles. The second-order valence-corrected chi connectivity index (χ2v) is 6.32. The van der Waals surface area contributed by atoms with Gasteiger partial charge in [0, 0.05) is 13.1 Å². The van der Waals surface area contributed by atoms with Crippen LogP contribution in [0, 0.1) is 5.41 Å². The van der Waals surface area contributed by atoms with Crippen molar-refractivity contribution >= 4 is 11.9 Å². The minimum absolute atomic E-state index is 0.0376. The van der Waals surface area contributed by atoms with Gasteiger partial charge < -0.3 is 14.7 Å². The van der Waals surface area contributed by atoms with Gasteiger partial charge in [-0.3, -0.25) is 9.59 Å². The molecule has 20 heavy (non-hydrogen) atoms. The van der Waals surface area contributed by atoms with Crippen molar-refractivity contribution in [2.24, 2.45) is 5.41 Å². The summed E-state index contributed by atoms with van der Waals surface area (Å²) in [5, 5.41) is 9.23. The van der Waals surface area contributed by atoms with E-state index in [2.05, 4.69) is 0 Å². The Morgan fingerprint density at radius 1 is 1.40 bits per heavy atom. The first-order chi connectivity index (χ1) is 9.46. The molecule has 0 bridgehead atoms. The van der Waals surface area contributed by atoms with Gasteiger partial charge in [-0.1, -0.05) is 19.8 Å². The number of carbonyl (C=O) groups excluding carboxylic acids is 1. The molecular weight excluding hydrogens is 258 g/mol. The van der Waals surface area contributed by atoms with E-state index in [9.17, 15) is 14.7 Å². The molecule has 1 aliphatic carbocycles. The zero-order valence-corrected chi connectivity index (χ0v) is 12.4. The molecule has 5 heteroatoms. The second-order valence-electron chi connectivity index (χ2n) is 6.32. The molecular formula is C15H25NO4. The molecule has 0 spiro atoms. The second kappa shape index (κ2) is 6.12. The fourth-order valence-corrected chi connectivity index (χ4v) is 3.11. The number of nitrogens with zero attached hydrogens (tertiary/aromatic N) is 1. The number of carboxylic acids is 1. The highest BCUT2D eigenvalue weighted by molar-refractivity contribution is 5.83. The third kappa shape index (κ3) is 3.14. The van der Waals surface area contributed by atoms with Gasteiger partial charge in [-0.2, -0.15) is 0 Å². The highest BCUT2D eigenvalue weighted by Crippen LogP contribution is 2.31. The standard InChI is InChI=1S/C15H25NO4/c1-3-12(20-11-6-4-5-7-11)13(17)16-9-8-15(2,10-16)14(18)19/h11-12H,3-10H2,1-2H3,(H,18,19)/t12-,15+/m0/s1. The molecule has 0 aromatic carbocycles. The van der Waals surface area contributed by atoms with Crippen LogP contribution < -0.4 is 0 Å². The Hall–Kier alpha value is -1.10. The van der Waals surface area contributed by atoms with Gasteiger partial charge in [0.25, 0.3) is 5.91 Å². The molecule has 114 valence electrons. The summed E-state index contributed by atoms with van der Waals surface area (Å²) in [7, 11) is 0. The summed E-state index contributed by atoms with van der Waals surface area (Å²) in [5.74, 6) is -0.859. The van der Waals surface area contributed by atoms with Crippen LogP contribution in [0.1, 0.15) is 52.4 Å². The Kier molecular flexibility index (Phi) is 4.68. The van der Waals surface area contributed by atoms with Crippen molar-refractivity contribution in [2.75, 3.05) is 13.1 Å². The molecule has 2 atom stereocenters. The Morgan fingerprint density at radius 2 is 2.05 bits per heavy atom. The van der Waals surface area contributed by atoms with Crippen molar-refractivity contribution < 1.29 is 19.4 Å². The summed E-state index contributed by atoms with van der Waals surface area (Å²) in [6.45, 7) is 4.48. The van der Waals surface area contributed by atoms with E-state index in [-0.39, 0.29) is 12.0 Å². The molecule has 1 saturated heterocycles. The summed E-state index contributed by atoms with van der Waals surface area (Å²) in [4.78, 5) is 25.4. The van der Waals surface area contributed by atoms with E-state index in [0.717, 1.165) is 12.8 Å². The van der Waals surface area contributed by atoms with Crippen LogP contribution in [-0.4, -0.2) is 47.2 Å². The topological polar surface area (TPSA) is 66.8 Å². The van der Waals surface area contributed by atoms with E-state index in [1.165, 1.54) is 12.8 Å². The van der Waals surface area contributed by atoms with E-state index >= 15 is 0 Å². The third-order valence-electron chi connectivity index (χ3n) is 4.61. The molecule has 0 radical (unpaired) electrons. The van der Waals surface area contributed by atoms with Crippen LogP contribution in [-0.2, 0) is 14.3 Å². The van der Waals surface area contributed by atoms with Crippen LogP contribution in [0.4, 0.5) is 0 Å². The molecule has 1 N–H and O–H groups in total. The largest absolute Gasteiger partial charge is 0.481 e. The Labute approximate surface area is 120 Å². The Morgan fingerprint density at radius 3 is 2.55 bits per heavy atom. The Balaban J connectivity index is 1.93. The molecule has 0 aromatic rings. The van der Waals surface area contributed by atoms with Crippen molar-refractivity contribution in [3.63, 3.8) is 0 Å². The summed E-state index contributed by atoms with van der Waals surface area (Å²) in [6.07, 6.45) is 5.40. The van der Waals surface area contributed by atoms with E-state index in [1.54, 1.807) is 11.8 Å². The molecule has 2 aliphatic rings. The van der Waals surface area contributed by atoms with Gasteiger partial charge in [-0.15, -0.1) is 0 Å². The lowest BCUT2D eigenvalue weighted by Crippen LogP contribution is -2.42. The van der Waals surface area contributed by atoms with E-state index in [0.29, 0.717) is 25.9 Å². The first-order valence-electron chi connectivity index (χ1n) is 7.64. The lowest BCUT2D eigenvalue weighted by molar-refractivity contribution is -0.150. The van der Waals surface area contributed by atoms with Crippen LogP contribution in [0.25, 0.3) is 0 Å². The number of likely N-dealkylation sites (tertiary alicyclic amines) is 1. The van der Waals surface area contributed by atoms with Gasteiger partial charge >= 0.3 is 5.97 Å². The number of carboxylic acid groups (broad SMARTS) is 1. The van der Waals surface area contributed by atoms with Crippen LogP contribution in [0.3, 0.4) is 0 Å².